The Morgan fingerprint density at radius 3 is 0.818 bits per heavy atom. The average Bonchev–Trinajstić information content (AvgIpc) is 3.00. The molecule has 2 atom stereocenters. The third-order valence-electron chi connectivity index (χ3n) is 10.3. The maximum absolute atomic E-state index is 12.0. The van der Waals surface area contributed by atoms with Crippen molar-refractivity contribution >= 4 is 11.6 Å². The Kier molecular flexibility index (Phi) is 31.8. The molecule has 262 valence electrons. The summed E-state index contributed by atoms with van der Waals surface area (Å²) in [6, 6.07) is 0. The fraction of sp³-hybridized carbons (Fsp3) is 0.952. The van der Waals surface area contributed by atoms with Gasteiger partial charge in [-0.1, -0.05) is 208 Å². The lowest BCUT2D eigenvalue weighted by Crippen LogP contribution is -2.16. The summed E-state index contributed by atoms with van der Waals surface area (Å²) < 4.78 is 0. The molecule has 0 saturated heterocycles. The third-order valence-corrected chi connectivity index (χ3v) is 10.3. The molecule has 2 heteroatoms. The molecular weight excluding hydrogens is 536 g/mol. The van der Waals surface area contributed by atoms with Crippen LogP contribution in [0.4, 0.5) is 0 Å². The van der Waals surface area contributed by atoms with Gasteiger partial charge in [-0.05, 0) is 24.7 Å². The Labute approximate surface area is 278 Å². The summed E-state index contributed by atoms with van der Waals surface area (Å²) in [4.78, 5) is 23.9. The summed E-state index contributed by atoms with van der Waals surface area (Å²) in [6.07, 6.45) is 39.9. The normalized spacial score (nSPS) is 13.2. The van der Waals surface area contributed by atoms with Gasteiger partial charge >= 0.3 is 0 Å². The zero-order valence-electron chi connectivity index (χ0n) is 31.3. The highest BCUT2D eigenvalue weighted by Gasteiger charge is 2.21. The Morgan fingerprint density at radius 1 is 0.341 bits per heavy atom. The van der Waals surface area contributed by atoms with Crippen LogP contribution >= 0.6 is 0 Å². The van der Waals surface area contributed by atoms with E-state index in [1.807, 2.05) is 27.7 Å². The van der Waals surface area contributed by atoms with Crippen LogP contribution in [0, 0.1) is 23.7 Å². The first-order valence-corrected chi connectivity index (χ1v) is 20.4. The molecule has 0 aliphatic heterocycles. The third kappa shape index (κ3) is 27.6. The lowest BCUT2D eigenvalue weighted by atomic mass is 9.78. The Hall–Kier alpha value is -0.660. The minimum Gasteiger partial charge on any atom is -0.299 e. The molecule has 44 heavy (non-hydrogen) atoms. The van der Waals surface area contributed by atoms with Crippen LogP contribution in [0.5, 0.6) is 0 Å². The molecule has 0 amide bonds. The smallest absolute Gasteiger partial charge is 0.135 e. The fourth-order valence-electron chi connectivity index (χ4n) is 7.01. The second-order valence-corrected chi connectivity index (χ2v) is 15.2. The molecule has 0 N–H and O–H groups in total. The first-order chi connectivity index (χ1) is 21.3. The second kappa shape index (κ2) is 32.3. The molecule has 0 aliphatic carbocycles. The second-order valence-electron chi connectivity index (χ2n) is 15.2. The van der Waals surface area contributed by atoms with E-state index in [0.717, 1.165) is 37.5 Å². The van der Waals surface area contributed by atoms with E-state index in [1.54, 1.807) is 0 Å². The quantitative estimate of drug-likeness (QED) is 0.0662. The number of Topliss-reactive ketones (excluding diaryl/α,β-unsaturated/α-hetero) is 2. The number of ketones is 2. The van der Waals surface area contributed by atoms with Gasteiger partial charge in [0.2, 0.25) is 0 Å². The zero-order chi connectivity index (χ0) is 32.7. The van der Waals surface area contributed by atoms with Crippen molar-refractivity contribution in [1.29, 1.82) is 0 Å². The highest BCUT2D eigenvalue weighted by Crippen LogP contribution is 2.34. The van der Waals surface area contributed by atoms with Gasteiger partial charge in [-0.3, -0.25) is 9.59 Å². The summed E-state index contributed by atoms with van der Waals surface area (Å²) in [6.45, 7) is 12.8. The minimum atomic E-state index is 0.200. The van der Waals surface area contributed by atoms with E-state index >= 15 is 0 Å². The van der Waals surface area contributed by atoms with Crippen LogP contribution in [-0.2, 0) is 9.59 Å². The SMILES string of the molecule is CCCCCCCCCC(CCCCCCCC(=O)C(C)C)C(CCCCCCCC)CCCCCCCCC(=O)C(C)C. The maximum atomic E-state index is 12.0. The van der Waals surface area contributed by atoms with Crippen molar-refractivity contribution in [2.75, 3.05) is 0 Å². The van der Waals surface area contributed by atoms with E-state index < -0.39 is 0 Å². The predicted molar refractivity (Wildman–Crippen MR) is 197 cm³/mol. The van der Waals surface area contributed by atoms with Crippen molar-refractivity contribution in [2.24, 2.45) is 23.7 Å². The molecule has 0 bridgehead atoms. The molecular formula is C42H82O2. The molecule has 0 fully saturated rings. The van der Waals surface area contributed by atoms with Gasteiger partial charge in [0, 0.05) is 24.7 Å². The molecule has 2 nitrogen and oxygen atoms in total. The molecule has 0 spiro atoms. The number of carbonyl (C=O) groups is 2. The Balaban J connectivity index is 4.82. The fourth-order valence-corrected chi connectivity index (χ4v) is 7.01. The molecule has 2 unspecified atom stereocenters. The molecule has 0 aliphatic rings. The van der Waals surface area contributed by atoms with E-state index in [4.69, 9.17) is 0 Å². The van der Waals surface area contributed by atoms with E-state index in [2.05, 4.69) is 13.8 Å². The van der Waals surface area contributed by atoms with Crippen molar-refractivity contribution in [3.8, 4) is 0 Å². The van der Waals surface area contributed by atoms with Crippen molar-refractivity contribution in [3.63, 3.8) is 0 Å². The molecule has 0 saturated carbocycles. The summed E-state index contributed by atoms with van der Waals surface area (Å²) in [5, 5.41) is 0. The number of unbranched alkanes of at least 4 members (excludes halogenated alkanes) is 20. The number of hydrogen-bond acceptors (Lipinski definition) is 2. The summed E-state index contributed by atoms with van der Waals surface area (Å²) in [7, 11) is 0. The Bertz CT molecular complexity index is 621. The summed E-state index contributed by atoms with van der Waals surface area (Å²) in [5.74, 6) is 3.13. The van der Waals surface area contributed by atoms with Gasteiger partial charge < -0.3 is 0 Å². The lowest BCUT2D eigenvalue weighted by Gasteiger charge is -2.28. The van der Waals surface area contributed by atoms with Gasteiger partial charge in [-0.2, -0.15) is 0 Å². The van der Waals surface area contributed by atoms with Crippen LogP contribution in [0.15, 0.2) is 0 Å². The van der Waals surface area contributed by atoms with Gasteiger partial charge in [0.15, 0.2) is 0 Å². The van der Waals surface area contributed by atoms with E-state index in [-0.39, 0.29) is 11.8 Å². The lowest BCUT2D eigenvalue weighted by molar-refractivity contribution is -0.122. The highest BCUT2D eigenvalue weighted by molar-refractivity contribution is 5.80. The maximum Gasteiger partial charge on any atom is 0.135 e. The van der Waals surface area contributed by atoms with Gasteiger partial charge in [0.25, 0.3) is 0 Å². The highest BCUT2D eigenvalue weighted by atomic mass is 16.1. The molecule has 0 aromatic rings. The largest absolute Gasteiger partial charge is 0.299 e. The predicted octanol–water partition coefficient (Wildman–Crippen LogP) is 14.4. The number of carbonyl (C=O) groups excluding carboxylic acids is 2. The topological polar surface area (TPSA) is 34.1 Å². The van der Waals surface area contributed by atoms with Crippen LogP contribution < -0.4 is 0 Å². The van der Waals surface area contributed by atoms with Crippen LogP contribution in [0.3, 0.4) is 0 Å². The van der Waals surface area contributed by atoms with Gasteiger partial charge in [-0.15, -0.1) is 0 Å². The van der Waals surface area contributed by atoms with Gasteiger partial charge in [-0.25, -0.2) is 0 Å². The van der Waals surface area contributed by atoms with E-state index in [1.165, 1.54) is 167 Å². The Morgan fingerprint density at radius 2 is 0.568 bits per heavy atom. The molecule has 0 aromatic heterocycles. The molecule has 0 rings (SSSR count). The number of hydrogen-bond donors (Lipinski definition) is 0. The standard InChI is InChI=1S/C42H82O2/c1-7-9-11-13-15-20-26-32-40(34-28-22-18-24-30-36-42(44)38(5)6)39(31-25-19-14-12-10-8-2)33-27-21-16-17-23-29-35-41(43)37(3)4/h37-40H,7-36H2,1-6H3. The first-order valence-electron chi connectivity index (χ1n) is 20.4. The molecule has 0 aromatic carbocycles. The average molecular weight is 619 g/mol. The first kappa shape index (κ1) is 43.3. The van der Waals surface area contributed by atoms with Crippen molar-refractivity contribution in [1.82, 2.24) is 0 Å². The number of rotatable bonds is 35. The van der Waals surface area contributed by atoms with Crippen LogP contribution in [0.2, 0.25) is 0 Å². The monoisotopic (exact) mass is 619 g/mol. The van der Waals surface area contributed by atoms with E-state index in [9.17, 15) is 9.59 Å². The minimum absolute atomic E-state index is 0.200. The van der Waals surface area contributed by atoms with Gasteiger partial charge in [0.05, 0.1) is 0 Å². The molecule has 0 radical (unpaired) electrons. The van der Waals surface area contributed by atoms with Crippen molar-refractivity contribution in [2.45, 2.75) is 234 Å². The van der Waals surface area contributed by atoms with E-state index in [0.29, 0.717) is 11.6 Å². The molecule has 0 heterocycles. The van der Waals surface area contributed by atoms with Crippen molar-refractivity contribution < 1.29 is 9.59 Å². The zero-order valence-corrected chi connectivity index (χ0v) is 31.3. The van der Waals surface area contributed by atoms with Crippen LogP contribution in [-0.4, -0.2) is 11.6 Å². The van der Waals surface area contributed by atoms with Gasteiger partial charge in [0.1, 0.15) is 11.6 Å². The summed E-state index contributed by atoms with van der Waals surface area (Å²) in [5.41, 5.74) is 0. The summed E-state index contributed by atoms with van der Waals surface area (Å²) >= 11 is 0. The van der Waals surface area contributed by atoms with Crippen LogP contribution in [0.25, 0.3) is 0 Å². The van der Waals surface area contributed by atoms with Crippen molar-refractivity contribution in [3.05, 3.63) is 0 Å². The van der Waals surface area contributed by atoms with Crippen LogP contribution in [0.1, 0.15) is 234 Å².